The van der Waals surface area contributed by atoms with Crippen LogP contribution in [0.2, 0.25) is 0 Å². The van der Waals surface area contributed by atoms with Crippen molar-refractivity contribution in [3.05, 3.63) is 17.7 Å². The van der Waals surface area contributed by atoms with E-state index in [0.717, 1.165) is 0 Å². The highest BCUT2D eigenvalue weighted by Crippen LogP contribution is 2.34. The minimum absolute atomic E-state index is 0.00330. The molecule has 1 aliphatic rings. The van der Waals surface area contributed by atoms with E-state index in [1.807, 2.05) is 0 Å². The molecule has 26 heavy (non-hydrogen) atoms. The summed E-state index contributed by atoms with van der Waals surface area (Å²) >= 11 is 0. The van der Waals surface area contributed by atoms with Gasteiger partial charge in [-0.05, 0) is 33.8 Å². The molecule has 1 aliphatic heterocycles. The number of nitrogens with zero attached hydrogens (tertiary/aromatic N) is 1. The summed E-state index contributed by atoms with van der Waals surface area (Å²) in [5, 5.41) is 11.5. The molecule has 2 heterocycles. The molecular formula is C17H25N2O6Si. The number of hydrogen-bond donors (Lipinski definition) is 2. The number of rotatable bonds is 5. The van der Waals surface area contributed by atoms with Crippen molar-refractivity contribution >= 4 is 16.3 Å². The fraction of sp³-hybridized carbons (Fsp3) is 0.647. The molecule has 0 saturated heterocycles. The van der Waals surface area contributed by atoms with Crippen molar-refractivity contribution in [1.82, 2.24) is 10.3 Å². The van der Waals surface area contributed by atoms with Crippen LogP contribution in [0.3, 0.4) is 0 Å². The molecule has 2 rings (SSSR count). The second kappa shape index (κ2) is 7.81. The molecule has 1 amide bonds. The molecule has 3 radical (unpaired) electrons. The van der Waals surface area contributed by atoms with Gasteiger partial charge in [0.25, 0.3) is 0 Å². The number of methoxy groups -OCH3 is 1. The van der Waals surface area contributed by atoms with Crippen molar-refractivity contribution < 1.29 is 28.8 Å². The fourth-order valence-corrected chi connectivity index (χ4v) is 2.46. The van der Waals surface area contributed by atoms with Gasteiger partial charge in [-0.2, -0.15) is 4.98 Å². The second-order valence-electron chi connectivity index (χ2n) is 7.31. The average molecular weight is 381 g/mol. The van der Waals surface area contributed by atoms with E-state index in [-0.39, 0.29) is 13.2 Å². The van der Waals surface area contributed by atoms with Crippen molar-refractivity contribution in [1.29, 1.82) is 0 Å². The van der Waals surface area contributed by atoms with E-state index < -0.39 is 29.1 Å². The summed E-state index contributed by atoms with van der Waals surface area (Å²) in [6.07, 6.45) is -1.11. The van der Waals surface area contributed by atoms with Gasteiger partial charge in [0.15, 0.2) is 0 Å². The molecule has 3 atom stereocenters. The van der Waals surface area contributed by atoms with E-state index in [2.05, 4.69) is 20.5 Å². The molecule has 0 saturated carbocycles. The summed E-state index contributed by atoms with van der Waals surface area (Å²) in [6, 6.07) is 2.88. The number of alkyl carbamates (subject to hydrolysis) is 1. The van der Waals surface area contributed by atoms with Crippen molar-refractivity contribution in [2.24, 2.45) is 0 Å². The Morgan fingerprint density at radius 3 is 2.69 bits per heavy atom. The van der Waals surface area contributed by atoms with Gasteiger partial charge in [-0.1, -0.05) is 0 Å². The SMILES string of the molecule is COc1ccc2c(n1)OC[C@@H](OC[C@@](C)(O)[Si])[C@H]2NC(=O)OC(C)(C)C. The Kier molecular flexibility index (Phi) is 6.15. The highest BCUT2D eigenvalue weighted by Gasteiger charge is 2.36. The summed E-state index contributed by atoms with van der Waals surface area (Å²) in [7, 11) is 4.68. The van der Waals surface area contributed by atoms with Crippen LogP contribution in [0.5, 0.6) is 11.8 Å². The quantitative estimate of drug-likeness (QED) is 0.742. The Morgan fingerprint density at radius 1 is 1.42 bits per heavy atom. The third kappa shape index (κ3) is 5.86. The number of aromatic nitrogens is 1. The highest BCUT2D eigenvalue weighted by molar-refractivity contribution is 6.14. The normalized spacial score (nSPS) is 21.8. The zero-order valence-corrected chi connectivity index (χ0v) is 16.7. The molecule has 0 spiro atoms. The number of pyridine rings is 1. The molecule has 0 aromatic carbocycles. The van der Waals surface area contributed by atoms with Gasteiger partial charge in [0, 0.05) is 11.6 Å². The van der Waals surface area contributed by atoms with E-state index in [4.69, 9.17) is 18.9 Å². The van der Waals surface area contributed by atoms with Crippen molar-refractivity contribution in [3.8, 4) is 11.8 Å². The first-order valence-corrected chi connectivity index (χ1v) is 8.75. The predicted molar refractivity (Wildman–Crippen MR) is 94.5 cm³/mol. The number of carbonyl (C=O) groups is 1. The lowest BCUT2D eigenvalue weighted by atomic mass is 10.0. The Labute approximate surface area is 156 Å². The molecule has 8 nitrogen and oxygen atoms in total. The fourth-order valence-electron chi connectivity index (χ4n) is 2.38. The number of amides is 1. The van der Waals surface area contributed by atoms with E-state index in [9.17, 15) is 9.90 Å². The molecular weight excluding hydrogens is 356 g/mol. The summed E-state index contributed by atoms with van der Waals surface area (Å²) in [5.41, 5.74) is 0.00720. The van der Waals surface area contributed by atoms with E-state index in [1.54, 1.807) is 39.8 Å². The Morgan fingerprint density at radius 2 is 2.12 bits per heavy atom. The number of ether oxygens (including phenoxy) is 4. The van der Waals surface area contributed by atoms with Crippen LogP contribution in [-0.2, 0) is 9.47 Å². The first-order chi connectivity index (χ1) is 12.0. The van der Waals surface area contributed by atoms with Crippen LogP contribution < -0.4 is 14.8 Å². The molecule has 0 bridgehead atoms. The van der Waals surface area contributed by atoms with Crippen LogP contribution in [0, 0.1) is 0 Å². The van der Waals surface area contributed by atoms with E-state index >= 15 is 0 Å². The second-order valence-corrected chi connectivity index (χ2v) is 8.38. The Hall–Kier alpha value is -1.84. The molecule has 143 valence electrons. The third-order valence-corrected chi connectivity index (χ3v) is 3.56. The monoisotopic (exact) mass is 381 g/mol. The first-order valence-electron chi connectivity index (χ1n) is 8.25. The van der Waals surface area contributed by atoms with Crippen molar-refractivity contribution in [3.63, 3.8) is 0 Å². The lowest BCUT2D eigenvalue weighted by Crippen LogP contribution is -2.47. The Bertz CT molecular complexity index is 641. The number of aliphatic hydroxyl groups is 1. The maximum atomic E-state index is 12.3. The topological polar surface area (TPSA) is 99.1 Å². The van der Waals surface area contributed by atoms with E-state index in [0.29, 0.717) is 17.3 Å². The standard InChI is InChI=1S/C17H25N2O6Si/c1-16(2,3)25-15(20)19-13-10-6-7-12(22-5)18-14(10)23-8-11(13)24-9-17(4,21)26/h6-7,11,13,21H,8-9H2,1-5H3,(H,19,20)/t11-,13+,17+/m1/s1. The maximum absolute atomic E-state index is 12.3. The number of nitrogens with one attached hydrogen (secondary N) is 1. The van der Waals surface area contributed by atoms with Gasteiger partial charge < -0.3 is 29.4 Å². The van der Waals surface area contributed by atoms with Gasteiger partial charge >= 0.3 is 6.09 Å². The van der Waals surface area contributed by atoms with Gasteiger partial charge in [0.2, 0.25) is 11.8 Å². The van der Waals surface area contributed by atoms with Crippen LogP contribution >= 0.6 is 0 Å². The van der Waals surface area contributed by atoms with Crippen molar-refractivity contribution in [2.45, 2.75) is 50.7 Å². The molecule has 2 N–H and O–H groups in total. The third-order valence-electron chi connectivity index (χ3n) is 3.42. The molecule has 9 heteroatoms. The lowest BCUT2D eigenvalue weighted by Gasteiger charge is -2.35. The van der Waals surface area contributed by atoms with Crippen LogP contribution in [0.4, 0.5) is 4.79 Å². The highest BCUT2D eigenvalue weighted by atomic mass is 28.1. The average Bonchev–Trinajstić information content (AvgIpc) is 2.50. The minimum Gasteiger partial charge on any atom is -0.481 e. The summed E-state index contributed by atoms with van der Waals surface area (Å²) in [4.78, 5) is 16.5. The van der Waals surface area contributed by atoms with Gasteiger partial charge in [0.1, 0.15) is 18.3 Å². The van der Waals surface area contributed by atoms with Gasteiger partial charge in [-0.15, -0.1) is 0 Å². The maximum Gasteiger partial charge on any atom is 0.408 e. The zero-order chi connectivity index (χ0) is 19.5. The van der Waals surface area contributed by atoms with E-state index in [1.165, 1.54) is 7.11 Å². The molecule has 1 aromatic heterocycles. The summed E-state index contributed by atoms with van der Waals surface area (Å²) in [6.45, 7) is 7.07. The summed E-state index contributed by atoms with van der Waals surface area (Å²) < 4.78 is 21.9. The van der Waals surface area contributed by atoms with Gasteiger partial charge in [0.05, 0.1) is 35.2 Å². The van der Waals surface area contributed by atoms with Crippen LogP contribution in [0.1, 0.15) is 39.3 Å². The molecule has 1 aromatic rings. The van der Waals surface area contributed by atoms with Gasteiger partial charge in [-0.25, -0.2) is 4.79 Å². The summed E-state index contributed by atoms with van der Waals surface area (Å²) in [5.74, 6) is 0.762. The molecule has 0 fully saturated rings. The first kappa shape index (κ1) is 20.5. The van der Waals surface area contributed by atoms with Crippen LogP contribution in [0.25, 0.3) is 0 Å². The lowest BCUT2D eigenvalue weighted by molar-refractivity contribution is -0.0613. The van der Waals surface area contributed by atoms with Crippen LogP contribution in [-0.4, -0.2) is 63.7 Å². The smallest absolute Gasteiger partial charge is 0.408 e. The zero-order valence-electron chi connectivity index (χ0n) is 15.7. The number of hydrogen-bond acceptors (Lipinski definition) is 7. The number of carbonyl (C=O) groups excluding carboxylic acids is 1. The number of fused-ring (bicyclic) bond motifs is 1. The van der Waals surface area contributed by atoms with Crippen molar-refractivity contribution in [2.75, 3.05) is 20.3 Å². The molecule has 0 aliphatic carbocycles. The minimum atomic E-state index is -1.20. The van der Waals surface area contributed by atoms with Crippen LogP contribution in [0.15, 0.2) is 12.1 Å². The largest absolute Gasteiger partial charge is 0.481 e. The Balaban J connectivity index is 2.24. The predicted octanol–water partition coefficient (Wildman–Crippen LogP) is 1.31. The molecule has 0 unspecified atom stereocenters. The van der Waals surface area contributed by atoms with Gasteiger partial charge in [-0.3, -0.25) is 0 Å².